The van der Waals surface area contributed by atoms with Crippen molar-refractivity contribution in [3.05, 3.63) is 22.9 Å². The molecule has 0 saturated carbocycles. The zero-order chi connectivity index (χ0) is 10.6. The van der Waals surface area contributed by atoms with Crippen LogP contribution in [-0.2, 0) is 17.9 Å². The summed E-state index contributed by atoms with van der Waals surface area (Å²) < 4.78 is 2.88. The topological polar surface area (TPSA) is 82.1 Å². The highest BCUT2D eigenvalue weighted by Crippen LogP contribution is 1.88. The lowest BCUT2D eigenvalue weighted by molar-refractivity contribution is -0.121. The van der Waals surface area contributed by atoms with Crippen LogP contribution in [0.25, 0.3) is 0 Å². The molecule has 0 radical (unpaired) electrons. The average molecular weight is 198 g/mol. The number of hydrazine groups is 1. The molecule has 1 aromatic heterocycles. The Balaban J connectivity index is 2.79. The van der Waals surface area contributed by atoms with Crippen LogP contribution in [0.4, 0.5) is 0 Å². The molecular weight excluding hydrogens is 184 g/mol. The van der Waals surface area contributed by atoms with Gasteiger partial charge in [0.25, 0.3) is 5.91 Å². The van der Waals surface area contributed by atoms with E-state index >= 15 is 0 Å². The summed E-state index contributed by atoms with van der Waals surface area (Å²) in [5.41, 5.74) is 1.79. The molecule has 0 aliphatic rings. The molecule has 0 bridgehead atoms. The van der Waals surface area contributed by atoms with Crippen molar-refractivity contribution in [3.8, 4) is 0 Å². The normalized spacial score (nSPS) is 10.1. The molecule has 3 N–H and O–H groups in total. The van der Waals surface area contributed by atoms with E-state index in [0.29, 0.717) is 6.54 Å². The zero-order valence-corrected chi connectivity index (χ0v) is 8.06. The number of carbonyl (C=O) groups excluding carboxylic acids is 1. The van der Waals surface area contributed by atoms with Gasteiger partial charge < -0.3 is 0 Å². The molecule has 0 fully saturated rings. The van der Waals surface area contributed by atoms with Gasteiger partial charge in [0.05, 0.1) is 0 Å². The van der Waals surface area contributed by atoms with E-state index in [1.54, 1.807) is 17.0 Å². The smallest absolute Gasteiger partial charge is 0.299 e. The minimum Gasteiger partial charge on any atom is -0.299 e. The van der Waals surface area contributed by atoms with Gasteiger partial charge >= 0.3 is 5.69 Å². The van der Waals surface area contributed by atoms with Crippen LogP contribution < -0.4 is 17.0 Å². The molecule has 1 aromatic rings. The first-order valence-electron chi connectivity index (χ1n) is 4.44. The van der Waals surface area contributed by atoms with Crippen LogP contribution in [0.2, 0.25) is 0 Å². The van der Waals surface area contributed by atoms with E-state index in [2.05, 4.69) is 0 Å². The summed E-state index contributed by atoms with van der Waals surface area (Å²) in [5.74, 6) is 4.53. The Hall–Kier alpha value is -1.56. The highest BCUT2D eigenvalue weighted by atomic mass is 16.2. The zero-order valence-electron chi connectivity index (χ0n) is 8.06. The molecule has 0 saturated heterocycles. The van der Waals surface area contributed by atoms with Crippen molar-refractivity contribution in [1.82, 2.24) is 14.6 Å². The monoisotopic (exact) mass is 198 g/mol. The lowest BCUT2D eigenvalue weighted by atomic mass is 10.5. The molecule has 0 unspecified atom stereocenters. The summed E-state index contributed by atoms with van der Waals surface area (Å²) in [4.78, 5) is 22.4. The Morgan fingerprint density at radius 2 is 2.14 bits per heavy atom. The molecule has 6 heteroatoms. The molecule has 1 amide bonds. The lowest BCUT2D eigenvalue weighted by Crippen LogP contribution is -2.36. The summed E-state index contributed by atoms with van der Waals surface area (Å²) in [6.45, 7) is 2.61. The van der Waals surface area contributed by atoms with Gasteiger partial charge in [0.15, 0.2) is 0 Å². The van der Waals surface area contributed by atoms with Gasteiger partial charge in [-0.05, 0) is 6.42 Å². The maximum absolute atomic E-state index is 11.5. The Kier molecular flexibility index (Phi) is 3.47. The van der Waals surface area contributed by atoms with Crippen LogP contribution in [0, 0.1) is 0 Å². The van der Waals surface area contributed by atoms with Crippen molar-refractivity contribution >= 4 is 5.91 Å². The van der Waals surface area contributed by atoms with E-state index in [-0.39, 0.29) is 18.1 Å². The third-order valence-corrected chi connectivity index (χ3v) is 1.86. The van der Waals surface area contributed by atoms with Gasteiger partial charge in [-0.3, -0.25) is 19.4 Å². The molecule has 78 valence electrons. The fourth-order valence-electron chi connectivity index (χ4n) is 1.19. The van der Waals surface area contributed by atoms with Crippen LogP contribution >= 0.6 is 0 Å². The minimum absolute atomic E-state index is 0.0357. The Bertz CT molecular complexity index is 366. The summed E-state index contributed by atoms with van der Waals surface area (Å²) in [6, 6.07) is 0. The molecule has 1 rings (SSSR count). The first-order chi connectivity index (χ1) is 6.69. The van der Waals surface area contributed by atoms with Gasteiger partial charge in [0, 0.05) is 18.9 Å². The number of aryl methyl sites for hydroxylation is 1. The summed E-state index contributed by atoms with van der Waals surface area (Å²) in [5, 5.41) is 0. The maximum atomic E-state index is 11.5. The van der Waals surface area contributed by atoms with Crippen molar-refractivity contribution in [3.63, 3.8) is 0 Å². The lowest BCUT2D eigenvalue weighted by Gasteiger charge is -1.99. The summed E-state index contributed by atoms with van der Waals surface area (Å²) >= 11 is 0. The molecule has 0 atom stereocenters. The highest BCUT2D eigenvalue weighted by Gasteiger charge is 2.05. The second kappa shape index (κ2) is 4.61. The number of carbonyl (C=O) groups is 1. The first kappa shape index (κ1) is 10.5. The van der Waals surface area contributed by atoms with Crippen LogP contribution in [0.15, 0.2) is 17.2 Å². The number of hydrogen-bond acceptors (Lipinski definition) is 3. The molecule has 0 aliphatic carbocycles. The maximum Gasteiger partial charge on any atom is 0.328 e. The predicted octanol–water partition coefficient (Wildman–Crippen LogP) is -0.950. The molecular formula is C8H14N4O2. The number of nitrogens with zero attached hydrogens (tertiary/aromatic N) is 2. The largest absolute Gasteiger partial charge is 0.328 e. The highest BCUT2D eigenvalue weighted by molar-refractivity contribution is 5.74. The minimum atomic E-state index is -0.388. The number of nitrogens with one attached hydrogen (secondary N) is 1. The van der Waals surface area contributed by atoms with Crippen LogP contribution in [-0.4, -0.2) is 15.0 Å². The number of imidazole rings is 1. The Morgan fingerprint density at radius 1 is 1.50 bits per heavy atom. The molecule has 6 nitrogen and oxygen atoms in total. The van der Waals surface area contributed by atoms with E-state index < -0.39 is 0 Å². The van der Waals surface area contributed by atoms with Gasteiger partial charge in [0.2, 0.25) is 0 Å². The number of rotatable bonds is 4. The van der Waals surface area contributed by atoms with Crippen molar-refractivity contribution < 1.29 is 4.79 Å². The Labute approximate surface area is 81.3 Å². The third kappa shape index (κ3) is 2.23. The van der Waals surface area contributed by atoms with E-state index in [0.717, 1.165) is 6.42 Å². The Morgan fingerprint density at radius 3 is 2.71 bits per heavy atom. The van der Waals surface area contributed by atoms with E-state index in [4.69, 9.17) is 5.84 Å². The summed E-state index contributed by atoms with van der Waals surface area (Å²) in [6.07, 6.45) is 4.12. The van der Waals surface area contributed by atoms with Gasteiger partial charge in [0.1, 0.15) is 6.54 Å². The fourth-order valence-corrected chi connectivity index (χ4v) is 1.19. The van der Waals surface area contributed by atoms with Gasteiger partial charge in [-0.25, -0.2) is 10.6 Å². The predicted molar refractivity (Wildman–Crippen MR) is 51.3 cm³/mol. The van der Waals surface area contributed by atoms with Gasteiger partial charge in [-0.2, -0.15) is 0 Å². The number of aromatic nitrogens is 2. The van der Waals surface area contributed by atoms with Crippen LogP contribution in [0.5, 0.6) is 0 Å². The fraction of sp³-hybridized carbons (Fsp3) is 0.500. The van der Waals surface area contributed by atoms with Crippen LogP contribution in [0.1, 0.15) is 13.3 Å². The number of nitrogens with two attached hydrogens (primary N) is 1. The van der Waals surface area contributed by atoms with Crippen LogP contribution in [0.3, 0.4) is 0 Å². The quantitative estimate of drug-likeness (QED) is 0.372. The van der Waals surface area contributed by atoms with Gasteiger partial charge in [-0.15, -0.1) is 0 Å². The van der Waals surface area contributed by atoms with Crippen molar-refractivity contribution in [2.24, 2.45) is 5.84 Å². The van der Waals surface area contributed by atoms with E-state index in [1.807, 2.05) is 12.3 Å². The van der Waals surface area contributed by atoms with E-state index in [1.165, 1.54) is 4.57 Å². The SMILES string of the molecule is CCCn1ccn(CC(=O)NN)c1=O. The molecule has 0 aliphatic heterocycles. The first-order valence-corrected chi connectivity index (χ1v) is 4.44. The second-order valence-electron chi connectivity index (χ2n) is 2.97. The average Bonchev–Trinajstić information content (AvgIpc) is 2.50. The van der Waals surface area contributed by atoms with Crippen molar-refractivity contribution in [2.75, 3.05) is 0 Å². The van der Waals surface area contributed by atoms with Gasteiger partial charge in [-0.1, -0.05) is 6.92 Å². The number of hydrogen-bond donors (Lipinski definition) is 2. The number of amides is 1. The molecule has 0 spiro atoms. The third-order valence-electron chi connectivity index (χ3n) is 1.86. The standard InChI is InChI=1S/C8H14N4O2/c1-2-3-11-4-5-12(8(11)14)6-7(13)10-9/h4-5H,2-3,6,9H2,1H3,(H,10,13). The molecule has 1 heterocycles. The van der Waals surface area contributed by atoms with Crippen molar-refractivity contribution in [1.29, 1.82) is 0 Å². The van der Waals surface area contributed by atoms with E-state index in [9.17, 15) is 9.59 Å². The van der Waals surface area contributed by atoms with Crippen molar-refractivity contribution in [2.45, 2.75) is 26.4 Å². The second-order valence-corrected chi connectivity index (χ2v) is 2.97. The molecule has 0 aromatic carbocycles. The summed E-state index contributed by atoms with van der Waals surface area (Å²) in [7, 11) is 0. The molecule has 14 heavy (non-hydrogen) atoms.